The van der Waals surface area contributed by atoms with E-state index in [9.17, 15) is 18.4 Å². The van der Waals surface area contributed by atoms with Crippen LogP contribution < -0.4 is 4.74 Å². The fourth-order valence-electron chi connectivity index (χ4n) is 2.97. The molecule has 7 heteroatoms. The van der Waals surface area contributed by atoms with Crippen molar-refractivity contribution in [2.24, 2.45) is 0 Å². The maximum absolute atomic E-state index is 13.8. The highest BCUT2D eigenvalue weighted by Gasteiger charge is 2.42. The predicted octanol–water partition coefficient (Wildman–Crippen LogP) is 2.80. The summed E-state index contributed by atoms with van der Waals surface area (Å²) < 4.78 is 37.6. The Morgan fingerprint density at radius 1 is 1.12 bits per heavy atom. The third-order valence-corrected chi connectivity index (χ3v) is 4.20. The van der Waals surface area contributed by atoms with E-state index in [1.54, 1.807) is 6.07 Å². The molecule has 26 heavy (non-hydrogen) atoms. The molecule has 2 aromatic carbocycles. The fraction of sp³-hybridized carbons (Fsp3) is 0.263. The second-order valence-electron chi connectivity index (χ2n) is 5.91. The lowest BCUT2D eigenvalue weighted by atomic mass is 10.1. The smallest absolute Gasteiger partial charge is 0.328 e. The normalized spacial score (nSPS) is 19.3. The monoisotopic (exact) mass is 361 g/mol. The van der Waals surface area contributed by atoms with Gasteiger partial charge in [-0.05, 0) is 30.3 Å². The zero-order valence-electron chi connectivity index (χ0n) is 14.0. The zero-order chi connectivity index (χ0) is 18.7. The zero-order valence-corrected chi connectivity index (χ0v) is 14.0. The Hall–Kier alpha value is -2.96. The lowest BCUT2D eigenvalue weighted by molar-refractivity contribution is -0.145. The molecule has 1 aliphatic heterocycles. The Morgan fingerprint density at radius 2 is 1.88 bits per heavy atom. The average Bonchev–Trinajstić information content (AvgIpc) is 3.06. The summed E-state index contributed by atoms with van der Waals surface area (Å²) in [5.74, 6) is -2.16. The van der Waals surface area contributed by atoms with Crippen LogP contribution in [0.4, 0.5) is 8.78 Å². The van der Waals surface area contributed by atoms with Crippen molar-refractivity contribution in [3.63, 3.8) is 0 Å². The number of carbonyl (C=O) groups excluding carboxylic acids is 2. The number of nitrogens with zero attached hydrogens (tertiary/aromatic N) is 1. The van der Waals surface area contributed by atoms with Gasteiger partial charge in [0.1, 0.15) is 18.0 Å². The van der Waals surface area contributed by atoms with Crippen molar-refractivity contribution in [2.45, 2.75) is 18.6 Å². The van der Waals surface area contributed by atoms with Crippen molar-refractivity contribution >= 4 is 11.9 Å². The van der Waals surface area contributed by atoms with Gasteiger partial charge in [0.05, 0.1) is 13.7 Å². The molecule has 0 bridgehead atoms. The van der Waals surface area contributed by atoms with Crippen LogP contribution in [-0.4, -0.2) is 42.6 Å². The van der Waals surface area contributed by atoms with Gasteiger partial charge < -0.3 is 14.4 Å². The Bertz CT molecular complexity index is 827. The number of esters is 1. The molecule has 136 valence electrons. The molecule has 1 aliphatic rings. The van der Waals surface area contributed by atoms with E-state index in [1.165, 1.54) is 48.4 Å². The second kappa shape index (κ2) is 7.51. The Kier molecular flexibility index (Phi) is 5.16. The first-order valence-corrected chi connectivity index (χ1v) is 8.05. The van der Waals surface area contributed by atoms with Crippen LogP contribution in [0.15, 0.2) is 48.5 Å². The number of rotatable bonds is 4. The maximum atomic E-state index is 13.8. The molecular formula is C19H17F2NO4. The van der Waals surface area contributed by atoms with Gasteiger partial charge in [-0.15, -0.1) is 0 Å². The third kappa shape index (κ3) is 3.66. The van der Waals surface area contributed by atoms with Gasteiger partial charge in [-0.1, -0.05) is 18.2 Å². The topological polar surface area (TPSA) is 55.8 Å². The van der Waals surface area contributed by atoms with E-state index in [-0.39, 0.29) is 24.3 Å². The van der Waals surface area contributed by atoms with Crippen LogP contribution >= 0.6 is 0 Å². The Labute approximate surface area is 149 Å². The van der Waals surface area contributed by atoms with Crippen molar-refractivity contribution in [1.82, 2.24) is 4.90 Å². The van der Waals surface area contributed by atoms with Crippen molar-refractivity contribution in [3.05, 3.63) is 65.7 Å². The molecule has 2 aromatic rings. The molecule has 0 spiro atoms. The maximum Gasteiger partial charge on any atom is 0.328 e. The molecule has 0 aromatic heterocycles. The summed E-state index contributed by atoms with van der Waals surface area (Å²) in [6, 6.07) is 10.2. The first-order chi connectivity index (χ1) is 12.5. The van der Waals surface area contributed by atoms with Crippen LogP contribution in [0.5, 0.6) is 5.75 Å². The van der Waals surface area contributed by atoms with Crippen LogP contribution in [-0.2, 0) is 9.53 Å². The van der Waals surface area contributed by atoms with E-state index in [2.05, 4.69) is 0 Å². The third-order valence-electron chi connectivity index (χ3n) is 4.20. The van der Waals surface area contributed by atoms with Crippen LogP contribution in [0.3, 0.4) is 0 Å². The summed E-state index contributed by atoms with van der Waals surface area (Å²) >= 11 is 0. The molecule has 3 rings (SSSR count). The number of benzene rings is 2. The number of para-hydroxylation sites is 1. The number of hydrogen-bond acceptors (Lipinski definition) is 4. The summed E-state index contributed by atoms with van der Waals surface area (Å²) in [7, 11) is 1.22. The van der Waals surface area contributed by atoms with E-state index in [0.29, 0.717) is 0 Å². The molecule has 0 radical (unpaired) electrons. The highest BCUT2D eigenvalue weighted by atomic mass is 19.1. The van der Waals surface area contributed by atoms with Crippen LogP contribution in [0.1, 0.15) is 16.8 Å². The number of halogens is 2. The van der Waals surface area contributed by atoms with Gasteiger partial charge in [0, 0.05) is 12.0 Å². The number of amides is 1. The van der Waals surface area contributed by atoms with Crippen LogP contribution in [0.25, 0.3) is 0 Å². The van der Waals surface area contributed by atoms with Gasteiger partial charge in [-0.2, -0.15) is 0 Å². The molecule has 5 nitrogen and oxygen atoms in total. The standard InChI is InChI=1S/C19H17F2NO4/c1-25-19(24)16-10-14(26-17-8-3-2-7-15(17)21)11-22(16)18(23)12-5-4-6-13(20)9-12/h2-9,14,16H,10-11H2,1H3. The van der Waals surface area contributed by atoms with Crippen molar-refractivity contribution in [3.8, 4) is 5.75 Å². The summed E-state index contributed by atoms with van der Waals surface area (Å²) in [6.45, 7) is 0.0590. The van der Waals surface area contributed by atoms with E-state index in [1.807, 2.05) is 0 Å². The first-order valence-electron chi connectivity index (χ1n) is 8.05. The molecule has 0 aliphatic carbocycles. The van der Waals surface area contributed by atoms with E-state index >= 15 is 0 Å². The lowest BCUT2D eigenvalue weighted by Gasteiger charge is -2.22. The molecule has 2 unspecified atom stereocenters. The minimum absolute atomic E-state index is 0.0428. The molecule has 1 amide bonds. The quantitative estimate of drug-likeness (QED) is 0.786. The minimum Gasteiger partial charge on any atom is -0.485 e. The van der Waals surface area contributed by atoms with Crippen molar-refractivity contribution < 1.29 is 27.8 Å². The highest BCUT2D eigenvalue weighted by molar-refractivity contribution is 5.97. The minimum atomic E-state index is -0.882. The summed E-state index contributed by atoms with van der Waals surface area (Å²) in [4.78, 5) is 26.1. The van der Waals surface area contributed by atoms with Gasteiger partial charge >= 0.3 is 5.97 Å². The van der Waals surface area contributed by atoms with Crippen LogP contribution in [0.2, 0.25) is 0 Å². The Balaban J connectivity index is 1.82. The van der Waals surface area contributed by atoms with Gasteiger partial charge in [0.25, 0.3) is 5.91 Å². The van der Waals surface area contributed by atoms with Crippen LogP contribution in [0, 0.1) is 11.6 Å². The summed E-state index contributed by atoms with van der Waals surface area (Å²) in [5, 5.41) is 0. The predicted molar refractivity (Wildman–Crippen MR) is 88.7 cm³/mol. The highest BCUT2D eigenvalue weighted by Crippen LogP contribution is 2.27. The van der Waals surface area contributed by atoms with E-state index in [4.69, 9.17) is 9.47 Å². The molecule has 2 atom stereocenters. The molecule has 1 fully saturated rings. The van der Waals surface area contributed by atoms with E-state index in [0.717, 1.165) is 6.07 Å². The molecule has 0 N–H and O–H groups in total. The van der Waals surface area contributed by atoms with Gasteiger partial charge in [-0.25, -0.2) is 13.6 Å². The lowest BCUT2D eigenvalue weighted by Crippen LogP contribution is -2.41. The van der Waals surface area contributed by atoms with Crippen molar-refractivity contribution in [2.75, 3.05) is 13.7 Å². The first kappa shape index (κ1) is 17.8. The van der Waals surface area contributed by atoms with E-state index < -0.39 is 35.7 Å². The van der Waals surface area contributed by atoms with Gasteiger partial charge in [0.2, 0.25) is 0 Å². The average molecular weight is 361 g/mol. The number of likely N-dealkylation sites (tertiary alicyclic amines) is 1. The molecule has 1 heterocycles. The molecular weight excluding hydrogens is 344 g/mol. The number of ether oxygens (including phenoxy) is 2. The number of carbonyl (C=O) groups is 2. The SMILES string of the molecule is COC(=O)C1CC(Oc2ccccc2F)CN1C(=O)c1cccc(F)c1. The summed E-state index contributed by atoms with van der Waals surface area (Å²) in [6.07, 6.45) is -0.435. The number of hydrogen-bond donors (Lipinski definition) is 0. The van der Waals surface area contributed by atoms with Gasteiger partial charge in [-0.3, -0.25) is 4.79 Å². The second-order valence-corrected chi connectivity index (χ2v) is 5.91. The fourth-order valence-corrected chi connectivity index (χ4v) is 2.97. The number of methoxy groups -OCH3 is 1. The molecule has 1 saturated heterocycles. The van der Waals surface area contributed by atoms with Crippen molar-refractivity contribution in [1.29, 1.82) is 0 Å². The van der Waals surface area contributed by atoms with Gasteiger partial charge in [0.15, 0.2) is 11.6 Å². The Morgan fingerprint density at radius 3 is 2.58 bits per heavy atom. The largest absolute Gasteiger partial charge is 0.485 e. The summed E-state index contributed by atoms with van der Waals surface area (Å²) in [5.41, 5.74) is 0.116. The molecule has 0 saturated carbocycles.